The van der Waals surface area contributed by atoms with Gasteiger partial charge in [0.1, 0.15) is 0 Å². The first-order chi connectivity index (χ1) is 10.2. The summed E-state index contributed by atoms with van der Waals surface area (Å²) < 4.78 is 5.23. The molecule has 0 radical (unpaired) electrons. The molecule has 0 atom stereocenters. The van der Waals surface area contributed by atoms with Crippen molar-refractivity contribution in [1.82, 2.24) is 9.88 Å². The molecule has 1 aliphatic rings. The highest BCUT2D eigenvalue weighted by Crippen LogP contribution is 2.11. The number of carbonyl (C=O) groups excluding carboxylic acids is 1. The largest absolute Gasteiger partial charge is 0.378 e. The summed E-state index contributed by atoms with van der Waals surface area (Å²) in [6, 6.07) is 9.53. The van der Waals surface area contributed by atoms with Crippen molar-refractivity contribution in [1.29, 1.82) is 0 Å². The van der Waals surface area contributed by atoms with Crippen LogP contribution in [-0.4, -0.2) is 42.1 Å². The van der Waals surface area contributed by atoms with E-state index in [9.17, 15) is 9.59 Å². The summed E-state index contributed by atoms with van der Waals surface area (Å²) in [5, 5.41) is 0.992. The molecule has 2 aromatic rings. The van der Waals surface area contributed by atoms with E-state index < -0.39 is 0 Å². The number of ether oxygens (including phenoxy) is 1. The minimum absolute atomic E-state index is 0.0888. The number of aromatic amines is 1. The molecule has 2 heterocycles. The highest BCUT2D eigenvalue weighted by molar-refractivity contribution is 5.79. The molecule has 0 unspecified atom stereocenters. The SMILES string of the molecule is O=C(CCc1cc2ccccc2[nH]c1=O)N1CCOCC1. The third-order valence-electron chi connectivity index (χ3n) is 3.80. The normalized spacial score (nSPS) is 15.3. The van der Waals surface area contributed by atoms with Crippen LogP contribution in [0, 0.1) is 0 Å². The maximum absolute atomic E-state index is 12.1. The predicted octanol–water partition coefficient (Wildman–Crippen LogP) is 1.32. The number of rotatable bonds is 3. The van der Waals surface area contributed by atoms with Gasteiger partial charge in [0.25, 0.3) is 5.56 Å². The van der Waals surface area contributed by atoms with E-state index in [1.807, 2.05) is 30.3 Å². The number of hydrogen-bond acceptors (Lipinski definition) is 3. The summed E-state index contributed by atoms with van der Waals surface area (Å²) >= 11 is 0. The van der Waals surface area contributed by atoms with Gasteiger partial charge in [-0.15, -0.1) is 0 Å². The Bertz CT molecular complexity index is 702. The maximum atomic E-state index is 12.1. The molecule has 110 valence electrons. The second kappa shape index (κ2) is 6.10. The van der Waals surface area contributed by atoms with Crippen LogP contribution in [0.15, 0.2) is 35.1 Å². The molecule has 21 heavy (non-hydrogen) atoms. The van der Waals surface area contributed by atoms with Crippen molar-refractivity contribution in [3.05, 3.63) is 46.2 Å². The van der Waals surface area contributed by atoms with Gasteiger partial charge in [-0.1, -0.05) is 18.2 Å². The lowest BCUT2D eigenvalue weighted by Crippen LogP contribution is -2.40. The number of fused-ring (bicyclic) bond motifs is 1. The van der Waals surface area contributed by atoms with Crippen LogP contribution in [0.1, 0.15) is 12.0 Å². The third kappa shape index (κ3) is 3.13. The minimum atomic E-state index is -0.108. The molecule has 3 rings (SSSR count). The first-order valence-electron chi connectivity index (χ1n) is 7.20. The van der Waals surface area contributed by atoms with Gasteiger partial charge in [-0.2, -0.15) is 0 Å². The standard InChI is InChI=1S/C16H18N2O3/c19-15(18-7-9-21-10-8-18)6-5-13-11-12-3-1-2-4-14(12)17-16(13)20/h1-4,11H,5-10H2,(H,17,20). The molecule has 0 aliphatic carbocycles. The van der Waals surface area contributed by atoms with Crippen LogP contribution < -0.4 is 5.56 Å². The van der Waals surface area contributed by atoms with Crippen molar-refractivity contribution in [2.75, 3.05) is 26.3 Å². The number of aryl methyl sites for hydroxylation is 1. The molecule has 0 bridgehead atoms. The van der Waals surface area contributed by atoms with Gasteiger partial charge in [-0.05, 0) is 23.9 Å². The summed E-state index contributed by atoms with van der Waals surface area (Å²) in [5.74, 6) is 0.0888. The van der Waals surface area contributed by atoms with Crippen molar-refractivity contribution in [3.63, 3.8) is 0 Å². The van der Waals surface area contributed by atoms with Crippen molar-refractivity contribution in [3.8, 4) is 0 Å². The van der Waals surface area contributed by atoms with Crippen molar-refractivity contribution in [2.24, 2.45) is 0 Å². The van der Waals surface area contributed by atoms with Crippen LogP contribution >= 0.6 is 0 Å². The van der Waals surface area contributed by atoms with Gasteiger partial charge in [0.05, 0.1) is 13.2 Å². The van der Waals surface area contributed by atoms with E-state index in [1.165, 1.54) is 0 Å². The fourth-order valence-corrected chi connectivity index (χ4v) is 2.59. The van der Waals surface area contributed by atoms with Crippen LogP contribution in [-0.2, 0) is 16.0 Å². The van der Waals surface area contributed by atoms with Crippen LogP contribution in [0.5, 0.6) is 0 Å². The smallest absolute Gasteiger partial charge is 0.251 e. The van der Waals surface area contributed by atoms with Gasteiger partial charge in [0.15, 0.2) is 0 Å². The molecule has 1 amide bonds. The van der Waals surface area contributed by atoms with E-state index in [0.29, 0.717) is 44.7 Å². The van der Waals surface area contributed by atoms with Crippen LogP contribution in [0.4, 0.5) is 0 Å². The van der Waals surface area contributed by atoms with Gasteiger partial charge < -0.3 is 14.6 Å². The van der Waals surface area contributed by atoms with Gasteiger partial charge in [0.2, 0.25) is 5.91 Å². The number of morpholine rings is 1. The Morgan fingerprint density at radius 3 is 2.81 bits per heavy atom. The topological polar surface area (TPSA) is 62.4 Å². The van der Waals surface area contributed by atoms with E-state index in [-0.39, 0.29) is 11.5 Å². The molecule has 0 saturated carbocycles. The lowest BCUT2D eigenvalue weighted by Gasteiger charge is -2.26. The number of H-pyrrole nitrogens is 1. The fourth-order valence-electron chi connectivity index (χ4n) is 2.59. The molecule has 1 aromatic heterocycles. The van der Waals surface area contributed by atoms with Crippen molar-refractivity contribution >= 4 is 16.8 Å². The second-order valence-electron chi connectivity index (χ2n) is 5.20. The Labute approximate surface area is 122 Å². The van der Waals surface area contributed by atoms with Gasteiger partial charge >= 0.3 is 0 Å². The molecule has 5 nitrogen and oxygen atoms in total. The first kappa shape index (κ1) is 13.8. The van der Waals surface area contributed by atoms with Gasteiger partial charge in [-0.3, -0.25) is 9.59 Å². The van der Waals surface area contributed by atoms with E-state index in [0.717, 1.165) is 10.9 Å². The Balaban J connectivity index is 1.71. The zero-order valence-electron chi connectivity index (χ0n) is 11.8. The van der Waals surface area contributed by atoms with E-state index in [4.69, 9.17) is 4.74 Å². The van der Waals surface area contributed by atoms with Crippen molar-refractivity contribution < 1.29 is 9.53 Å². The van der Waals surface area contributed by atoms with E-state index in [1.54, 1.807) is 4.90 Å². The Morgan fingerprint density at radius 2 is 2.00 bits per heavy atom. The van der Waals surface area contributed by atoms with Gasteiger partial charge in [0, 0.05) is 30.6 Å². The predicted molar refractivity (Wildman–Crippen MR) is 80.3 cm³/mol. The Morgan fingerprint density at radius 1 is 1.24 bits per heavy atom. The third-order valence-corrected chi connectivity index (χ3v) is 3.80. The fraction of sp³-hybridized carbons (Fsp3) is 0.375. The molecule has 1 N–H and O–H groups in total. The van der Waals surface area contributed by atoms with Crippen molar-refractivity contribution in [2.45, 2.75) is 12.8 Å². The molecule has 5 heteroatoms. The Kier molecular flexibility index (Phi) is 4.01. The van der Waals surface area contributed by atoms with E-state index >= 15 is 0 Å². The lowest BCUT2D eigenvalue weighted by atomic mass is 10.1. The van der Waals surface area contributed by atoms with Crippen LogP contribution in [0.3, 0.4) is 0 Å². The number of pyridine rings is 1. The van der Waals surface area contributed by atoms with Gasteiger partial charge in [-0.25, -0.2) is 0 Å². The molecule has 1 aliphatic heterocycles. The van der Waals surface area contributed by atoms with E-state index in [2.05, 4.69) is 4.98 Å². The second-order valence-corrected chi connectivity index (χ2v) is 5.20. The number of amides is 1. The molecule has 1 aromatic carbocycles. The maximum Gasteiger partial charge on any atom is 0.251 e. The zero-order chi connectivity index (χ0) is 14.7. The highest BCUT2D eigenvalue weighted by Gasteiger charge is 2.17. The molecular formula is C16H18N2O3. The monoisotopic (exact) mass is 286 g/mol. The number of nitrogens with one attached hydrogen (secondary N) is 1. The highest BCUT2D eigenvalue weighted by atomic mass is 16.5. The van der Waals surface area contributed by atoms with Crippen LogP contribution in [0.2, 0.25) is 0 Å². The lowest BCUT2D eigenvalue weighted by molar-refractivity contribution is -0.135. The minimum Gasteiger partial charge on any atom is -0.378 e. The quantitative estimate of drug-likeness (QED) is 0.925. The molecule has 1 saturated heterocycles. The number of nitrogens with zero attached hydrogens (tertiary/aromatic N) is 1. The van der Waals surface area contributed by atoms with Crippen LogP contribution in [0.25, 0.3) is 10.9 Å². The number of hydrogen-bond donors (Lipinski definition) is 1. The average Bonchev–Trinajstić information content (AvgIpc) is 2.53. The number of aromatic nitrogens is 1. The Hall–Kier alpha value is -2.14. The summed E-state index contributed by atoms with van der Waals surface area (Å²) in [6.07, 6.45) is 0.831. The summed E-state index contributed by atoms with van der Waals surface area (Å²) in [5.41, 5.74) is 1.38. The molecule has 1 fully saturated rings. The number of para-hydroxylation sites is 1. The number of carbonyl (C=O) groups is 1. The summed E-state index contributed by atoms with van der Waals surface area (Å²) in [7, 11) is 0. The number of benzene rings is 1. The molecule has 0 spiro atoms. The molecular weight excluding hydrogens is 268 g/mol. The summed E-state index contributed by atoms with van der Waals surface area (Å²) in [6.45, 7) is 2.49. The average molecular weight is 286 g/mol. The first-order valence-corrected chi connectivity index (χ1v) is 7.20. The summed E-state index contributed by atoms with van der Waals surface area (Å²) in [4.78, 5) is 28.8. The zero-order valence-corrected chi connectivity index (χ0v) is 11.8.